The van der Waals surface area contributed by atoms with Gasteiger partial charge in [-0.05, 0) is 37.5 Å². The first kappa shape index (κ1) is 20.0. The van der Waals surface area contributed by atoms with Gasteiger partial charge in [-0.2, -0.15) is 0 Å². The molecule has 1 heterocycles. The molecule has 0 saturated carbocycles. The zero-order valence-corrected chi connectivity index (χ0v) is 17.7. The van der Waals surface area contributed by atoms with Gasteiger partial charge in [-0.1, -0.05) is 50.2 Å². The van der Waals surface area contributed by atoms with Crippen molar-refractivity contribution in [2.24, 2.45) is 0 Å². The van der Waals surface area contributed by atoms with Gasteiger partial charge in [0, 0.05) is 10.8 Å². The second kappa shape index (κ2) is 7.82. The molecular weight excluding hydrogens is 378 g/mol. The summed E-state index contributed by atoms with van der Waals surface area (Å²) in [5, 5.41) is 1.51. The van der Waals surface area contributed by atoms with E-state index in [1.54, 1.807) is 0 Å². The van der Waals surface area contributed by atoms with Crippen molar-refractivity contribution in [3.63, 3.8) is 0 Å². The van der Waals surface area contributed by atoms with Crippen molar-refractivity contribution in [1.82, 2.24) is 0 Å². The Morgan fingerprint density at radius 3 is 1.97 bits per heavy atom. The Kier molecular flexibility index (Phi) is 5.20. The summed E-state index contributed by atoms with van der Waals surface area (Å²) in [7, 11) is 1.52. The minimum atomic E-state index is -0.393. The summed E-state index contributed by atoms with van der Waals surface area (Å²) < 4.78 is 11.8. The number of imide groups is 1. The normalized spacial score (nSPS) is 14.2. The molecule has 0 aliphatic carbocycles. The third-order valence-electron chi connectivity index (χ3n) is 5.66. The molecule has 1 aliphatic heterocycles. The van der Waals surface area contributed by atoms with E-state index in [0.29, 0.717) is 17.2 Å². The second-order valence-electron chi connectivity index (χ2n) is 7.46. The van der Waals surface area contributed by atoms with E-state index in [1.807, 2.05) is 62.4 Å². The van der Waals surface area contributed by atoms with Crippen LogP contribution in [0, 0.1) is 0 Å². The van der Waals surface area contributed by atoms with E-state index in [0.717, 1.165) is 29.2 Å². The Morgan fingerprint density at radius 1 is 0.867 bits per heavy atom. The molecular formula is C25H25NO4. The van der Waals surface area contributed by atoms with E-state index >= 15 is 0 Å². The molecule has 1 aliphatic rings. The van der Waals surface area contributed by atoms with E-state index < -0.39 is 5.91 Å². The number of hydrogen-bond donors (Lipinski definition) is 0. The highest BCUT2D eigenvalue weighted by Gasteiger charge is 2.43. The van der Waals surface area contributed by atoms with Crippen LogP contribution in [0.4, 0.5) is 5.69 Å². The molecule has 4 rings (SSSR count). The molecule has 5 nitrogen and oxygen atoms in total. The zero-order valence-electron chi connectivity index (χ0n) is 17.7. The van der Waals surface area contributed by atoms with Gasteiger partial charge < -0.3 is 9.47 Å². The summed E-state index contributed by atoms with van der Waals surface area (Å²) in [6, 6.07) is 15.0. The fourth-order valence-electron chi connectivity index (χ4n) is 3.83. The van der Waals surface area contributed by atoms with E-state index in [2.05, 4.69) is 6.92 Å². The van der Waals surface area contributed by atoms with Crippen molar-refractivity contribution in [3.05, 3.63) is 65.2 Å². The topological polar surface area (TPSA) is 55.8 Å². The van der Waals surface area contributed by atoms with Gasteiger partial charge in [0.25, 0.3) is 11.8 Å². The molecule has 30 heavy (non-hydrogen) atoms. The van der Waals surface area contributed by atoms with Gasteiger partial charge in [-0.25, -0.2) is 4.90 Å². The number of methoxy groups -OCH3 is 1. The fourth-order valence-corrected chi connectivity index (χ4v) is 3.83. The number of benzene rings is 3. The minimum absolute atomic E-state index is 0.105. The van der Waals surface area contributed by atoms with Crippen LogP contribution in [0.1, 0.15) is 53.5 Å². The number of nitrogens with zero attached hydrogens (tertiary/aromatic N) is 1. The molecule has 2 amide bonds. The molecule has 3 aromatic rings. The first-order valence-corrected chi connectivity index (χ1v) is 10.3. The quantitative estimate of drug-likeness (QED) is 0.518. The van der Waals surface area contributed by atoms with Crippen molar-refractivity contribution < 1.29 is 19.1 Å². The lowest BCUT2D eigenvalue weighted by Crippen LogP contribution is -2.29. The predicted molar refractivity (Wildman–Crippen MR) is 118 cm³/mol. The van der Waals surface area contributed by atoms with E-state index in [9.17, 15) is 9.59 Å². The third kappa shape index (κ3) is 3.02. The number of anilines is 1. The highest BCUT2D eigenvalue weighted by Crippen LogP contribution is 2.46. The number of aryl methyl sites for hydroxylation is 1. The predicted octanol–water partition coefficient (Wildman–Crippen LogP) is 5.39. The van der Waals surface area contributed by atoms with Crippen molar-refractivity contribution in [1.29, 1.82) is 0 Å². The number of rotatable bonds is 6. The number of hydrogen-bond acceptors (Lipinski definition) is 4. The van der Waals surface area contributed by atoms with Gasteiger partial charge >= 0.3 is 0 Å². The largest absolute Gasteiger partial charge is 0.495 e. The maximum absolute atomic E-state index is 13.5. The van der Waals surface area contributed by atoms with Gasteiger partial charge in [0.15, 0.2) is 0 Å². The summed E-state index contributed by atoms with van der Waals surface area (Å²) in [5.41, 5.74) is 2.22. The number of carbonyl (C=O) groups excluding carboxylic acids is 2. The molecule has 0 spiro atoms. The molecule has 0 saturated heterocycles. The molecule has 5 heteroatoms. The van der Waals surface area contributed by atoms with Crippen LogP contribution in [0.5, 0.6) is 11.5 Å². The molecule has 0 bridgehead atoms. The Hall–Kier alpha value is -3.34. The highest BCUT2D eigenvalue weighted by molar-refractivity contribution is 6.38. The Labute approximate surface area is 176 Å². The van der Waals surface area contributed by atoms with Crippen LogP contribution in [-0.4, -0.2) is 25.0 Å². The SMILES string of the molecule is CCc1ccc(N2C(=O)c3c(c(OC(C)CC)c4ccccc4c3OC)C2=O)cc1. The van der Waals surface area contributed by atoms with Crippen LogP contribution in [0.25, 0.3) is 10.8 Å². The number of carbonyl (C=O) groups is 2. The van der Waals surface area contributed by atoms with E-state index in [1.165, 1.54) is 12.0 Å². The van der Waals surface area contributed by atoms with Gasteiger partial charge in [0.2, 0.25) is 0 Å². The van der Waals surface area contributed by atoms with Gasteiger partial charge in [0.05, 0.1) is 30.0 Å². The molecule has 1 unspecified atom stereocenters. The smallest absolute Gasteiger partial charge is 0.270 e. The summed E-state index contributed by atoms with van der Waals surface area (Å²) in [4.78, 5) is 28.2. The van der Waals surface area contributed by atoms with E-state index in [-0.39, 0.29) is 23.1 Å². The summed E-state index contributed by atoms with van der Waals surface area (Å²) >= 11 is 0. The summed E-state index contributed by atoms with van der Waals surface area (Å²) in [6.45, 7) is 6.03. The second-order valence-corrected chi connectivity index (χ2v) is 7.46. The van der Waals surface area contributed by atoms with Crippen molar-refractivity contribution in [3.8, 4) is 11.5 Å². The van der Waals surface area contributed by atoms with Crippen LogP contribution in [-0.2, 0) is 6.42 Å². The third-order valence-corrected chi connectivity index (χ3v) is 5.66. The Morgan fingerprint density at radius 2 is 1.43 bits per heavy atom. The molecule has 1 atom stereocenters. The van der Waals surface area contributed by atoms with Crippen molar-refractivity contribution >= 4 is 28.3 Å². The molecule has 0 fully saturated rings. The first-order chi connectivity index (χ1) is 14.5. The van der Waals surface area contributed by atoms with Crippen LogP contribution in [0.15, 0.2) is 48.5 Å². The molecule has 3 aromatic carbocycles. The maximum Gasteiger partial charge on any atom is 0.270 e. The summed E-state index contributed by atoms with van der Waals surface area (Å²) in [5.74, 6) is 0.0716. The minimum Gasteiger partial charge on any atom is -0.495 e. The van der Waals surface area contributed by atoms with Crippen LogP contribution in [0.2, 0.25) is 0 Å². The lowest BCUT2D eigenvalue weighted by Gasteiger charge is -2.19. The lowest BCUT2D eigenvalue weighted by atomic mass is 9.98. The molecule has 0 radical (unpaired) electrons. The monoisotopic (exact) mass is 403 g/mol. The molecule has 0 aromatic heterocycles. The average molecular weight is 403 g/mol. The Balaban J connectivity index is 1.97. The lowest BCUT2D eigenvalue weighted by molar-refractivity contribution is 0.0924. The van der Waals surface area contributed by atoms with E-state index in [4.69, 9.17) is 9.47 Å². The Bertz CT molecular complexity index is 1130. The van der Waals surface area contributed by atoms with Crippen LogP contribution >= 0.6 is 0 Å². The summed E-state index contributed by atoms with van der Waals surface area (Å²) in [6.07, 6.45) is 1.56. The van der Waals surface area contributed by atoms with Gasteiger partial charge in [0.1, 0.15) is 11.5 Å². The fraction of sp³-hybridized carbons (Fsp3) is 0.280. The number of ether oxygens (including phenoxy) is 2. The molecule has 0 N–H and O–H groups in total. The van der Waals surface area contributed by atoms with Gasteiger partial charge in [-0.3, -0.25) is 9.59 Å². The van der Waals surface area contributed by atoms with Gasteiger partial charge in [-0.15, -0.1) is 0 Å². The standard InChI is InChI=1S/C25H25NO4/c1-5-15(3)30-23-19-10-8-7-9-18(19)22(29-4)20-21(23)25(28)26(24(20)27)17-13-11-16(6-2)12-14-17/h7-15H,5-6H2,1-4H3. The average Bonchev–Trinajstić information content (AvgIpc) is 3.04. The van der Waals surface area contributed by atoms with Crippen molar-refractivity contribution in [2.75, 3.05) is 12.0 Å². The zero-order chi connectivity index (χ0) is 21.4. The maximum atomic E-state index is 13.5. The highest BCUT2D eigenvalue weighted by atomic mass is 16.5. The van der Waals surface area contributed by atoms with Crippen LogP contribution in [0.3, 0.4) is 0 Å². The number of fused-ring (bicyclic) bond motifs is 2. The molecule has 154 valence electrons. The van der Waals surface area contributed by atoms with Crippen molar-refractivity contribution in [2.45, 2.75) is 39.7 Å². The first-order valence-electron chi connectivity index (χ1n) is 10.3. The number of amides is 2. The van der Waals surface area contributed by atoms with Crippen LogP contribution < -0.4 is 14.4 Å².